The van der Waals surface area contributed by atoms with E-state index in [0.29, 0.717) is 43.0 Å². The van der Waals surface area contributed by atoms with Crippen molar-refractivity contribution in [2.45, 2.75) is 51.5 Å². The molecule has 2 aliphatic rings. The van der Waals surface area contributed by atoms with Crippen molar-refractivity contribution in [3.63, 3.8) is 0 Å². The van der Waals surface area contributed by atoms with Crippen molar-refractivity contribution >= 4 is 52.2 Å². The van der Waals surface area contributed by atoms with Crippen LogP contribution >= 0.6 is 12.2 Å². The zero-order chi connectivity index (χ0) is 29.5. The van der Waals surface area contributed by atoms with Crippen LogP contribution in [0.25, 0.3) is 0 Å². The summed E-state index contributed by atoms with van der Waals surface area (Å²) in [5.41, 5.74) is 9.91. The number of hydrogen-bond donors (Lipinski definition) is 4. The van der Waals surface area contributed by atoms with Gasteiger partial charge in [0, 0.05) is 41.5 Å². The second-order valence-electron chi connectivity index (χ2n) is 11.0. The molecule has 5 rings (SSSR count). The van der Waals surface area contributed by atoms with Crippen LogP contribution in [0, 0.1) is 13.8 Å². The van der Waals surface area contributed by atoms with Gasteiger partial charge in [0.15, 0.2) is 0 Å². The van der Waals surface area contributed by atoms with Gasteiger partial charge in [0.05, 0.1) is 0 Å². The number of likely N-dealkylation sites (tertiary alicyclic amines) is 2. The number of benzene rings is 2. The normalized spacial score (nSPS) is 17.4. The molecule has 0 atom stereocenters. The van der Waals surface area contributed by atoms with E-state index in [9.17, 15) is 4.79 Å². The largest absolute Gasteiger partial charge is 0.368 e. The highest BCUT2D eigenvalue weighted by molar-refractivity contribution is 7.80. The summed E-state index contributed by atoms with van der Waals surface area (Å²) in [5, 5.41) is 10.2. The summed E-state index contributed by atoms with van der Waals surface area (Å²) in [6.45, 7) is 6.87. The highest BCUT2D eigenvalue weighted by Gasteiger charge is 2.45. The number of nitrogens with zero attached hydrogens (tertiary/aromatic N) is 5. The number of anilines is 4. The molecule has 1 aromatic heterocycles. The molecule has 0 aliphatic carbocycles. The topological polar surface area (TPSA) is 124 Å². The summed E-state index contributed by atoms with van der Waals surface area (Å²) in [7, 11) is 0. The molecule has 2 aromatic carbocycles. The maximum Gasteiger partial charge on any atom is 0.238 e. The number of carbonyl (C=O) groups excluding carboxylic acids is 1. The molecule has 0 radical (unpaired) electrons. The predicted molar refractivity (Wildman–Crippen MR) is 173 cm³/mol. The molecule has 3 heterocycles. The van der Waals surface area contributed by atoms with Gasteiger partial charge < -0.3 is 21.3 Å². The monoisotopic (exact) mass is 585 g/mol. The van der Waals surface area contributed by atoms with E-state index in [0.717, 1.165) is 54.4 Å². The van der Waals surface area contributed by atoms with Crippen LogP contribution in [0.3, 0.4) is 0 Å². The molecule has 0 bridgehead atoms. The van der Waals surface area contributed by atoms with Crippen molar-refractivity contribution in [1.82, 2.24) is 19.8 Å². The van der Waals surface area contributed by atoms with E-state index in [2.05, 4.69) is 35.7 Å². The molecule has 3 aromatic rings. The lowest BCUT2D eigenvalue weighted by molar-refractivity contribution is -0.134. The van der Waals surface area contributed by atoms with Crippen LogP contribution in [0.2, 0.25) is 0 Å². The minimum atomic E-state index is -0.632. The van der Waals surface area contributed by atoms with Gasteiger partial charge in [0.2, 0.25) is 22.9 Å². The second kappa shape index (κ2) is 13.3. The van der Waals surface area contributed by atoms with E-state index in [4.69, 9.17) is 22.9 Å². The number of carbonyl (C=O) groups is 1. The van der Waals surface area contributed by atoms with E-state index in [-0.39, 0.29) is 5.91 Å². The van der Waals surface area contributed by atoms with Crippen molar-refractivity contribution in [3.05, 3.63) is 72.1 Å². The fourth-order valence-electron chi connectivity index (χ4n) is 5.76. The molecule has 220 valence electrons. The quantitative estimate of drug-likeness (QED) is 0.183. The second-order valence-corrected chi connectivity index (χ2v) is 11.4. The number of para-hydroxylation sites is 1. The number of nitrogens with two attached hydrogens (primary N) is 1. The minimum absolute atomic E-state index is 0.240. The zero-order valence-corrected chi connectivity index (χ0v) is 25.1. The van der Waals surface area contributed by atoms with Gasteiger partial charge in [-0.1, -0.05) is 24.6 Å². The Hall–Kier alpha value is -4.09. The van der Waals surface area contributed by atoms with Gasteiger partial charge >= 0.3 is 0 Å². The molecule has 42 heavy (non-hydrogen) atoms. The van der Waals surface area contributed by atoms with Crippen LogP contribution in [0.1, 0.15) is 43.5 Å². The lowest BCUT2D eigenvalue weighted by atomic mass is 9.83. The third-order valence-corrected chi connectivity index (χ3v) is 8.12. The number of primary amides is 1. The van der Waals surface area contributed by atoms with Gasteiger partial charge in [0.1, 0.15) is 5.54 Å². The molecular formula is C31H39N9OS. The van der Waals surface area contributed by atoms with E-state index < -0.39 is 5.54 Å². The molecule has 2 saturated heterocycles. The van der Waals surface area contributed by atoms with Crippen molar-refractivity contribution < 1.29 is 4.79 Å². The maximum atomic E-state index is 12.8. The van der Waals surface area contributed by atoms with Gasteiger partial charge in [-0.15, -0.1) is 0 Å². The Kier molecular flexibility index (Phi) is 9.28. The summed E-state index contributed by atoms with van der Waals surface area (Å²) in [6, 6.07) is 19.8. The molecule has 2 aliphatic heterocycles. The number of aryl methyl sites for hydroxylation is 2. The van der Waals surface area contributed by atoms with E-state index in [1.54, 1.807) is 0 Å². The van der Waals surface area contributed by atoms with E-state index in [1.807, 2.05) is 74.5 Å². The smallest absolute Gasteiger partial charge is 0.238 e. The summed E-state index contributed by atoms with van der Waals surface area (Å²) in [5.74, 6) is 0.750. The first-order valence-corrected chi connectivity index (χ1v) is 14.9. The summed E-state index contributed by atoms with van der Waals surface area (Å²) in [6.07, 6.45) is 4.63. The number of hydrogen-bond acceptors (Lipinski definition) is 6. The SMILES string of the molecule is Cc1cc(C)nc(N/C(=N/C(=S)Nc2ccc(Nc3ccccc3)cc2)N2CCC(C(N)=O)(N3CCCCC3)CC2)n1. The maximum absolute atomic E-state index is 12.8. The molecule has 1 amide bonds. The molecule has 11 heteroatoms. The number of amides is 1. The summed E-state index contributed by atoms with van der Waals surface area (Å²) >= 11 is 5.67. The number of rotatable bonds is 6. The Balaban J connectivity index is 1.32. The van der Waals surface area contributed by atoms with Gasteiger partial charge in [-0.2, -0.15) is 4.99 Å². The first-order chi connectivity index (χ1) is 20.3. The minimum Gasteiger partial charge on any atom is -0.368 e. The fraction of sp³-hybridized carbons (Fsp3) is 0.387. The predicted octanol–water partition coefficient (Wildman–Crippen LogP) is 4.81. The third-order valence-electron chi connectivity index (χ3n) is 7.92. The standard InChI is InChI=1S/C31H39N9OS/c1-22-21-23(2)34-28(33-22)37-29(39-19-15-31(16-20-39,27(32)41)40-17-7-4-8-18-40)38-30(42)36-26-13-11-25(12-14-26)35-24-9-5-3-6-10-24/h3,5-6,9-14,21,35H,4,7-8,15-20H2,1-2H3,(H2,32,41)(H2,33,34,36,37,38,42). The number of aromatic nitrogens is 2. The summed E-state index contributed by atoms with van der Waals surface area (Å²) < 4.78 is 0. The Labute approximate surface area is 252 Å². The van der Waals surface area contributed by atoms with Crippen LogP contribution in [-0.4, -0.2) is 68.5 Å². The van der Waals surface area contributed by atoms with Crippen LogP contribution < -0.4 is 21.7 Å². The van der Waals surface area contributed by atoms with Crippen molar-refractivity contribution in [3.8, 4) is 0 Å². The molecule has 0 saturated carbocycles. The molecule has 10 nitrogen and oxygen atoms in total. The highest BCUT2D eigenvalue weighted by Crippen LogP contribution is 2.32. The van der Waals surface area contributed by atoms with Crippen molar-refractivity contribution in [2.75, 3.05) is 42.1 Å². The average Bonchev–Trinajstić information content (AvgIpc) is 2.98. The first-order valence-electron chi connectivity index (χ1n) is 14.5. The fourth-order valence-corrected chi connectivity index (χ4v) is 5.97. The van der Waals surface area contributed by atoms with E-state index in [1.165, 1.54) is 6.42 Å². The number of aliphatic imine (C=N–C) groups is 1. The number of guanidine groups is 1. The van der Waals surface area contributed by atoms with Gasteiger partial charge in [-0.05, 0) is 107 Å². The molecule has 0 unspecified atom stereocenters. The average molecular weight is 586 g/mol. The molecular weight excluding hydrogens is 546 g/mol. The van der Waals surface area contributed by atoms with Gasteiger partial charge in [0.25, 0.3) is 0 Å². The van der Waals surface area contributed by atoms with Crippen LogP contribution in [0.5, 0.6) is 0 Å². The molecule has 0 spiro atoms. The number of nitrogens with one attached hydrogen (secondary N) is 3. The Bertz CT molecular complexity index is 1390. The Morgan fingerprint density at radius 2 is 1.45 bits per heavy atom. The highest BCUT2D eigenvalue weighted by atomic mass is 32.1. The van der Waals surface area contributed by atoms with Crippen LogP contribution in [0.15, 0.2) is 65.7 Å². The van der Waals surface area contributed by atoms with Crippen LogP contribution in [-0.2, 0) is 4.79 Å². The summed E-state index contributed by atoms with van der Waals surface area (Å²) in [4.78, 5) is 31.1. The van der Waals surface area contributed by atoms with Crippen molar-refractivity contribution in [2.24, 2.45) is 10.7 Å². The van der Waals surface area contributed by atoms with Crippen LogP contribution in [0.4, 0.5) is 23.0 Å². The zero-order valence-electron chi connectivity index (χ0n) is 24.3. The molecule has 2 fully saturated rings. The Morgan fingerprint density at radius 3 is 2.07 bits per heavy atom. The first kappa shape index (κ1) is 29.4. The lowest BCUT2D eigenvalue weighted by Crippen LogP contribution is -2.64. The lowest BCUT2D eigenvalue weighted by Gasteiger charge is -2.48. The Morgan fingerprint density at radius 1 is 0.857 bits per heavy atom. The molecule has 5 N–H and O–H groups in total. The number of piperidine rings is 2. The van der Waals surface area contributed by atoms with Gasteiger partial charge in [-0.3, -0.25) is 15.0 Å². The third kappa shape index (κ3) is 7.21. The number of thiocarbonyl (C=S) groups is 1. The van der Waals surface area contributed by atoms with E-state index >= 15 is 0 Å². The van der Waals surface area contributed by atoms with Gasteiger partial charge in [-0.25, -0.2) is 9.97 Å². The van der Waals surface area contributed by atoms with Crippen molar-refractivity contribution in [1.29, 1.82) is 0 Å².